The van der Waals surface area contributed by atoms with Crippen LogP contribution in [0.1, 0.15) is 6.42 Å². The smallest absolute Gasteiger partial charge is 0.344 e. The van der Waals surface area contributed by atoms with Gasteiger partial charge in [-0.25, -0.2) is 4.79 Å². The molecule has 1 heterocycles. The second-order valence-corrected chi connectivity index (χ2v) is 5.76. The maximum Gasteiger partial charge on any atom is 0.344 e. The third kappa shape index (κ3) is 4.66. The number of rotatable bonds is 5. The number of amides is 1. The first-order valence-corrected chi connectivity index (χ1v) is 7.28. The molecule has 0 bridgehead atoms. The van der Waals surface area contributed by atoms with E-state index in [1.807, 2.05) is 0 Å². The predicted molar refractivity (Wildman–Crippen MR) is 79.0 cm³/mol. The van der Waals surface area contributed by atoms with Crippen LogP contribution in [0, 0.1) is 5.92 Å². The highest BCUT2D eigenvalue weighted by atomic mass is 35.5. The van der Waals surface area contributed by atoms with Gasteiger partial charge in [0, 0.05) is 24.9 Å². The molecule has 114 valence electrons. The molecule has 0 saturated carbocycles. The average Bonchev–Trinajstić information content (AvgIpc) is 2.85. The van der Waals surface area contributed by atoms with Crippen LogP contribution in [0.25, 0.3) is 0 Å². The van der Waals surface area contributed by atoms with E-state index in [1.165, 1.54) is 12.1 Å². The molecular weight excluding hydrogens is 341 g/mol. The summed E-state index contributed by atoms with van der Waals surface area (Å²) in [6, 6.07) is 2.86. The van der Waals surface area contributed by atoms with Crippen LogP contribution in [0.4, 0.5) is 0 Å². The van der Waals surface area contributed by atoms with Crippen molar-refractivity contribution in [3.63, 3.8) is 0 Å². The minimum atomic E-state index is -0.545. The first-order valence-electron chi connectivity index (χ1n) is 6.15. The molecule has 1 fully saturated rings. The summed E-state index contributed by atoms with van der Waals surface area (Å²) in [7, 11) is 0. The Kier molecular flexibility index (Phi) is 5.56. The van der Waals surface area contributed by atoms with Crippen molar-refractivity contribution in [1.29, 1.82) is 0 Å². The highest BCUT2D eigenvalue weighted by molar-refractivity contribution is 6.43. The van der Waals surface area contributed by atoms with Gasteiger partial charge in [0.05, 0.1) is 21.7 Å². The van der Waals surface area contributed by atoms with E-state index in [2.05, 4.69) is 5.32 Å². The molecule has 1 aliphatic rings. The molecule has 1 aliphatic heterocycles. The lowest BCUT2D eigenvalue weighted by Gasteiger charge is -2.11. The topological polar surface area (TPSA) is 64.6 Å². The van der Waals surface area contributed by atoms with Gasteiger partial charge in [0.1, 0.15) is 5.75 Å². The van der Waals surface area contributed by atoms with Crippen LogP contribution >= 0.6 is 34.8 Å². The van der Waals surface area contributed by atoms with Crippen LogP contribution in [-0.4, -0.2) is 31.6 Å². The normalized spacial score (nSPS) is 17.5. The molecule has 1 aromatic carbocycles. The van der Waals surface area contributed by atoms with Gasteiger partial charge in [-0.15, -0.1) is 0 Å². The molecule has 1 atom stereocenters. The van der Waals surface area contributed by atoms with Crippen LogP contribution in [0.15, 0.2) is 12.1 Å². The SMILES string of the molecule is O=C1CC(COC(=O)COc2cc(Cl)c(Cl)cc2Cl)CN1. The fraction of sp³-hybridized carbons (Fsp3) is 0.385. The Morgan fingerprint density at radius 2 is 1.95 bits per heavy atom. The van der Waals surface area contributed by atoms with E-state index in [1.54, 1.807) is 0 Å². The summed E-state index contributed by atoms with van der Waals surface area (Å²) in [6.07, 6.45) is 0.368. The van der Waals surface area contributed by atoms with Gasteiger partial charge in [0.2, 0.25) is 5.91 Å². The van der Waals surface area contributed by atoms with Gasteiger partial charge >= 0.3 is 5.97 Å². The molecule has 1 N–H and O–H groups in total. The van der Waals surface area contributed by atoms with Crippen LogP contribution in [0.3, 0.4) is 0 Å². The van der Waals surface area contributed by atoms with Gasteiger partial charge in [0.25, 0.3) is 0 Å². The van der Waals surface area contributed by atoms with Gasteiger partial charge < -0.3 is 14.8 Å². The maximum absolute atomic E-state index is 11.6. The number of nitrogens with one attached hydrogen (secondary N) is 1. The molecule has 0 radical (unpaired) electrons. The molecule has 0 aromatic heterocycles. The Morgan fingerprint density at radius 3 is 2.62 bits per heavy atom. The number of hydrogen-bond acceptors (Lipinski definition) is 4. The van der Waals surface area contributed by atoms with Crippen LogP contribution in [0.5, 0.6) is 5.75 Å². The highest BCUT2D eigenvalue weighted by Gasteiger charge is 2.22. The summed E-state index contributed by atoms with van der Waals surface area (Å²) in [5, 5.41) is 3.50. The minimum absolute atomic E-state index is 0.00927. The van der Waals surface area contributed by atoms with Crippen molar-refractivity contribution >= 4 is 46.7 Å². The van der Waals surface area contributed by atoms with Crippen LogP contribution in [0.2, 0.25) is 15.1 Å². The number of ether oxygens (including phenoxy) is 2. The molecule has 5 nitrogen and oxygen atoms in total. The number of halogens is 3. The third-order valence-electron chi connectivity index (χ3n) is 2.86. The largest absolute Gasteiger partial charge is 0.480 e. The summed E-state index contributed by atoms with van der Waals surface area (Å²) in [6.45, 7) is 0.396. The highest BCUT2D eigenvalue weighted by Crippen LogP contribution is 2.33. The Bertz CT molecular complexity index is 565. The molecule has 1 amide bonds. The minimum Gasteiger partial charge on any atom is -0.480 e. The summed E-state index contributed by atoms with van der Waals surface area (Å²) in [5.41, 5.74) is 0. The summed E-state index contributed by atoms with van der Waals surface area (Å²) < 4.78 is 10.3. The van der Waals surface area contributed by atoms with Crippen molar-refractivity contribution in [1.82, 2.24) is 5.32 Å². The summed E-state index contributed by atoms with van der Waals surface area (Å²) >= 11 is 17.5. The average molecular weight is 353 g/mol. The molecule has 21 heavy (non-hydrogen) atoms. The number of esters is 1. The van der Waals surface area contributed by atoms with Gasteiger partial charge in [-0.3, -0.25) is 4.79 Å². The first-order chi connectivity index (χ1) is 9.95. The lowest BCUT2D eigenvalue weighted by Crippen LogP contribution is -2.21. The van der Waals surface area contributed by atoms with Crippen molar-refractivity contribution < 1.29 is 19.1 Å². The van der Waals surface area contributed by atoms with Gasteiger partial charge in [-0.2, -0.15) is 0 Å². The lowest BCUT2D eigenvalue weighted by atomic mass is 10.1. The van der Waals surface area contributed by atoms with E-state index in [0.29, 0.717) is 18.0 Å². The van der Waals surface area contributed by atoms with E-state index >= 15 is 0 Å². The van der Waals surface area contributed by atoms with Crippen molar-refractivity contribution in [2.24, 2.45) is 5.92 Å². The number of benzene rings is 1. The fourth-order valence-corrected chi connectivity index (χ4v) is 2.38. The second kappa shape index (κ2) is 7.20. The first kappa shape index (κ1) is 16.2. The zero-order valence-electron chi connectivity index (χ0n) is 10.8. The van der Waals surface area contributed by atoms with E-state index in [4.69, 9.17) is 44.3 Å². The van der Waals surface area contributed by atoms with Crippen molar-refractivity contribution in [3.05, 3.63) is 27.2 Å². The van der Waals surface area contributed by atoms with Crippen molar-refractivity contribution in [3.8, 4) is 5.75 Å². The van der Waals surface area contributed by atoms with Crippen LogP contribution < -0.4 is 10.1 Å². The third-order valence-corrected chi connectivity index (χ3v) is 3.88. The van der Waals surface area contributed by atoms with E-state index < -0.39 is 5.97 Å². The standard InChI is InChI=1S/C13H12Cl3NO4/c14-8-2-10(16)11(3-9(8)15)20-6-13(19)21-5-7-1-12(18)17-4-7/h2-3,7H,1,4-6H2,(H,17,18). The zero-order valence-corrected chi connectivity index (χ0v) is 13.1. The van der Waals surface area contributed by atoms with Gasteiger partial charge in [-0.1, -0.05) is 34.8 Å². The maximum atomic E-state index is 11.6. The second-order valence-electron chi connectivity index (χ2n) is 4.54. The Morgan fingerprint density at radius 1 is 1.24 bits per heavy atom. The monoisotopic (exact) mass is 351 g/mol. The van der Waals surface area contributed by atoms with Crippen molar-refractivity contribution in [2.45, 2.75) is 6.42 Å². The Labute approximate surface area is 136 Å². The molecule has 0 spiro atoms. The zero-order chi connectivity index (χ0) is 15.4. The number of hydrogen-bond donors (Lipinski definition) is 1. The summed E-state index contributed by atoms with van der Waals surface area (Å²) in [5.74, 6) is -0.317. The molecule has 1 saturated heterocycles. The van der Waals surface area contributed by atoms with E-state index in [0.717, 1.165) is 0 Å². The fourth-order valence-electron chi connectivity index (χ4n) is 1.79. The van der Waals surface area contributed by atoms with Gasteiger partial charge in [-0.05, 0) is 6.07 Å². The van der Waals surface area contributed by atoms with Crippen molar-refractivity contribution in [2.75, 3.05) is 19.8 Å². The number of carbonyl (C=O) groups is 2. The van der Waals surface area contributed by atoms with Crippen LogP contribution in [-0.2, 0) is 14.3 Å². The molecule has 8 heteroatoms. The number of carbonyl (C=O) groups excluding carboxylic acids is 2. The molecule has 2 rings (SSSR count). The summed E-state index contributed by atoms with van der Waals surface area (Å²) in [4.78, 5) is 22.6. The molecular formula is C13H12Cl3NO4. The van der Waals surface area contributed by atoms with E-state index in [9.17, 15) is 9.59 Å². The Hall–Kier alpha value is -1.17. The van der Waals surface area contributed by atoms with Gasteiger partial charge in [0.15, 0.2) is 6.61 Å². The Balaban J connectivity index is 1.78. The molecule has 1 aromatic rings. The molecule has 0 aliphatic carbocycles. The lowest BCUT2D eigenvalue weighted by molar-refractivity contribution is -0.147. The quantitative estimate of drug-likeness (QED) is 0.654. The predicted octanol–water partition coefficient (Wildman–Crippen LogP) is 2.70. The molecule has 1 unspecified atom stereocenters. The van der Waals surface area contributed by atoms with E-state index in [-0.39, 0.29) is 40.8 Å².